The smallest absolute Gasteiger partial charge is 0.230 e. The molecule has 0 saturated carbocycles. The standard InChI is InChI=1S/C24H19F2NO3S/c1-13-10-20(31-22(13)19(28)12-16-17(25)8-5-9-18(16)26)14-6-4-7-15(11-14)21-23(29)24(2,3)30-27-21/h4-11H,12H2,1-3H3. The summed E-state index contributed by atoms with van der Waals surface area (Å²) in [6, 6.07) is 12.7. The molecule has 0 atom stereocenters. The Bertz CT molecular complexity index is 1220. The predicted octanol–water partition coefficient (Wildman–Crippen LogP) is 5.51. The summed E-state index contributed by atoms with van der Waals surface area (Å²) in [5, 5.41) is 3.93. The number of thiophene rings is 1. The number of aryl methyl sites for hydroxylation is 1. The van der Waals surface area contributed by atoms with Crippen LogP contribution in [-0.2, 0) is 16.1 Å². The van der Waals surface area contributed by atoms with Gasteiger partial charge in [0, 0.05) is 22.4 Å². The summed E-state index contributed by atoms with van der Waals surface area (Å²) in [5.41, 5.74) is 1.19. The Morgan fingerprint density at radius 2 is 1.71 bits per heavy atom. The summed E-state index contributed by atoms with van der Waals surface area (Å²) < 4.78 is 27.9. The molecule has 0 aliphatic carbocycles. The molecule has 0 unspecified atom stereocenters. The van der Waals surface area contributed by atoms with Crippen LogP contribution in [0.15, 0.2) is 53.7 Å². The summed E-state index contributed by atoms with van der Waals surface area (Å²) >= 11 is 1.25. The molecule has 4 rings (SSSR count). The highest BCUT2D eigenvalue weighted by atomic mass is 32.1. The van der Waals surface area contributed by atoms with Gasteiger partial charge < -0.3 is 4.84 Å². The minimum atomic E-state index is -0.994. The fourth-order valence-electron chi connectivity index (χ4n) is 3.37. The van der Waals surface area contributed by atoms with Crippen LogP contribution in [0.25, 0.3) is 10.4 Å². The van der Waals surface area contributed by atoms with Gasteiger partial charge in [0.05, 0.1) is 4.88 Å². The van der Waals surface area contributed by atoms with Gasteiger partial charge in [-0.25, -0.2) is 8.78 Å². The molecule has 2 heterocycles. The molecule has 3 aromatic rings. The topological polar surface area (TPSA) is 55.7 Å². The number of hydrogen-bond acceptors (Lipinski definition) is 5. The molecule has 0 spiro atoms. The maximum Gasteiger partial charge on any atom is 0.230 e. The molecule has 1 aliphatic rings. The third-order valence-corrected chi connectivity index (χ3v) is 6.44. The molecule has 0 N–H and O–H groups in total. The Balaban J connectivity index is 1.63. The minimum absolute atomic E-state index is 0.199. The fourth-order valence-corrected chi connectivity index (χ4v) is 4.48. The van der Waals surface area contributed by atoms with E-state index in [4.69, 9.17) is 4.84 Å². The molecule has 0 amide bonds. The summed E-state index contributed by atoms with van der Waals surface area (Å²) in [6.07, 6.45) is -0.350. The van der Waals surface area contributed by atoms with Gasteiger partial charge >= 0.3 is 0 Å². The normalized spacial score (nSPS) is 15.0. The molecule has 31 heavy (non-hydrogen) atoms. The maximum atomic E-state index is 13.9. The van der Waals surface area contributed by atoms with E-state index in [-0.39, 0.29) is 29.3 Å². The largest absolute Gasteiger partial charge is 0.381 e. The molecular formula is C24H19F2NO3S. The van der Waals surface area contributed by atoms with Crippen LogP contribution < -0.4 is 0 Å². The number of halogens is 2. The van der Waals surface area contributed by atoms with Crippen molar-refractivity contribution in [2.45, 2.75) is 32.8 Å². The van der Waals surface area contributed by atoms with Gasteiger partial charge in [0.1, 0.15) is 11.6 Å². The summed E-state index contributed by atoms with van der Waals surface area (Å²) in [7, 11) is 0. The van der Waals surface area contributed by atoms with E-state index >= 15 is 0 Å². The summed E-state index contributed by atoms with van der Waals surface area (Å²) in [4.78, 5) is 31.7. The average Bonchev–Trinajstić information content (AvgIpc) is 3.24. The van der Waals surface area contributed by atoms with E-state index in [2.05, 4.69) is 5.16 Å². The highest BCUT2D eigenvalue weighted by Crippen LogP contribution is 2.33. The number of ketones is 2. The molecule has 1 aromatic heterocycles. The van der Waals surface area contributed by atoms with E-state index in [9.17, 15) is 18.4 Å². The zero-order valence-electron chi connectivity index (χ0n) is 17.2. The lowest BCUT2D eigenvalue weighted by Crippen LogP contribution is -2.33. The minimum Gasteiger partial charge on any atom is -0.381 e. The van der Waals surface area contributed by atoms with E-state index in [0.29, 0.717) is 10.4 Å². The Labute approximate surface area is 182 Å². The first-order valence-electron chi connectivity index (χ1n) is 9.65. The summed E-state index contributed by atoms with van der Waals surface area (Å²) in [6.45, 7) is 5.11. The van der Waals surface area contributed by atoms with Gasteiger partial charge in [-0.15, -0.1) is 11.3 Å². The highest BCUT2D eigenvalue weighted by Gasteiger charge is 2.40. The van der Waals surface area contributed by atoms with Gasteiger partial charge in [-0.3, -0.25) is 9.59 Å². The van der Waals surface area contributed by atoms with Crippen LogP contribution in [0.3, 0.4) is 0 Å². The number of oxime groups is 1. The molecule has 1 aliphatic heterocycles. The van der Waals surface area contributed by atoms with Crippen molar-refractivity contribution in [3.05, 3.63) is 81.7 Å². The van der Waals surface area contributed by atoms with Crippen molar-refractivity contribution >= 4 is 28.6 Å². The lowest BCUT2D eigenvalue weighted by molar-refractivity contribution is -0.128. The van der Waals surface area contributed by atoms with Gasteiger partial charge in [0.25, 0.3) is 0 Å². The lowest BCUT2D eigenvalue weighted by atomic mass is 9.95. The average molecular weight is 439 g/mol. The second-order valence-corrected chi connectivity index (χ2v) is 8.93. The molecule has 0 bridgehead atoms. The van der Waals surface area contributed by atoms with Crippen molar-refractivity contribution in [1.29, 1.82) is 0 Å². The predicted molar refractivity (Wildman–Crippen MR) is 116 cm³/mol. The SMILES string of the molecule is Cc1cc(-c2cccc(C3=NOC(C)(C)C3=O)c2)sc1C(=O)Cc1c(F)cccc1F. The first kappa shape index (κ1) is 21.1. The van der Waals surface area contributed by atoms with E-state index < -0.39 is 17.2 Å². The second-order valence-electron chi connectivity index (χ2n) is 7.87. The first-order valence-corrected chi connectivity index (χ1v) is 10.5. The van der Waals surface area contributed by atoms with Gasteiger partial charge in [0.15, 0.2) is 17.1 Å². The molecule has 7 heteroatoms. The van der Waals surface area contributed by atoms with Gasteiger partial charge in [-0.05, 0) is 56.2 Å². The van der Waals surface area contributed by atoms with Gasteiger partial charge in [-0.1, -0.05) is 29.4 Å². The van der Waals surface area contributed by atoms with E-state index in [1.54, 1.807) is 32.9 Å². The lowest BCUT2D eigenvalue weighted by Gasteiger charge is -2.11. The number of benzene rings is 2. The number of Topliss-reactive ketones (excluding diaryl/α,β-unsaturated/α-hetero) is 2. The van der Waals surface area contributed by atoms with Crippen molar-refractivity contribution in [3.8, 4) is 10.4 Å². The van der Waals surface area contributed by atoms with Crippen molar-refractivity contribution in [3.63, 3.8) is 0 Å². The first-order chi connectivity index (χ1) is 14.7. The highest BCUT2D eigenvalue weighted by molar-refractivity contribution is 7.17. The fraction of sp³-hybridized carbons (Fsp3) is 0.208. The monoisotopic (exact) mass is 439 g/mol. The number of carbonyl (C=O) groups excluding carboxylic acids is 2. The van der Waals surface area contributed by atoms with Crippen LogP contribution in [0.1, 0.15) is 40.2 Å². The Morgan fingerprint density at radius 1 is 1.06 bits per heavy atom. The number of hydrogen-bond donors (Lipinski definition) is 0. The molecule has 158 valence electrons. The van der Waals surface area contributed by atoms with E-state index in [0.717, 1.165) is 28.1 Å². The van der Waals surface area contributed by atoms with Crippen LogP contribution in [0.5, 0.6) is 0 Å². The van der Waals surface area contributed by atoms with Crippen molar-refractivity contribution < 1.29 is 23.2 Å². The number of rotatable bonds is 5. The molecule has 2 aromatic carbocycles. The number of nitrogens with zero attached hydrogens (tertiary/aromatic N) is 1. The molecular weight excluding hydrogens is 420 g/mol. The van der Waals surface area contributed by atoms with Crippen LogP contribution >= 0.6 is 11.3 Å². The quantitative estimate of drug-likeness (QED) is 0.493. The van der Waals surface area contributed by atoms with Crippen molar-refractivity contribution in [2.24, 2.45) is 5.16 Å². The van der Waals surface area contributed by atoms with Gasteiger partial charge in [-0.2, -0.15) is 0 Å². The van der Waals surface area contributed by atoms with Crippen LogP contribution in [-0.4, -0.2) is 22.9 Å². The third kappa shape index (κ3) is 3.93. The third-order valence-electron chi connectivity index (χ3n) is 5.12. The zero-order valence-corrected chi connectivity index (χ0v) is 18.0. The van der Waals surface area contributed by atoms with E-state index in [1.807, 2.05) is 18.2 Å². The van der Waals surface area contributed by atoms with Crippen LogP contribution in [0.2, 0.25) is 0 Å². The van der Waals surface area contributed by atoms with Crippen LogP contribution in [0.4, 0.5) is 8.78 Å². The summed E-state index contributed by atoms with van der Waals surface area (Å²) in [5.74, 6) is -2.01. The molecule has 0 saturated heterocycles. The Kier molecular flexibility index (Phi) is 5.31. The molecule has 4 nitrogen and oxygen atoms in total. The molecule has 0 fully saturated rings. The van der Waals surface area contributed by atoms with Gasteiger partial charge in [0.2, 0.25) is 5.78 Å². The maximum absolute atomic E-state index is 13.9. The second kappa shape index (κ2) is 7.81. The Hall–Kier alpha value is -3.19. The van der Waals surface area contributed by atoms with E-state index in [1.165, 1.54) is 17.4 Å². The zero-order chi connectivity index (χ0) is 22.3. The van der Waals surface area contributed by atoms with Crippen molar-refractivity contribution in [1.82, 2.24) is 0 Å². The number of carbonyl (C=O) groups is 2. The molecule has 0 radical (unpaired) electrons. The van der Waals surface area contributed by atoms with Crippen LogP contribution in [0, 0.1) is 18.6 Å². The van der Waals surface area contributed by atoms with Crippen molar-refractivity contribution in [2.75, 3.05) is 0 Å². The Morgan fingerprint density at radius 3 is 2.35 bits per heavy atom.